The minimum Gasteiger partial charge on any atom is -0.398 e. The summed E-state index contributed by atoms with van der Waals surface area (Å²) in [6, 6.07) is 4.10. The van der Waals surface area contributed by atoms with Gasteiger partial charge in [-0.1, -0.05) is 25.3 Å². The van der Waals surface area contributed by atoms with Crippen molar-refractivity contribution in [3.63, 3.8) is 0 Å². The monoisotopic (exact) mass is 285 g/mol. The van der Waals surface area contributed by atoms with E-state index in [9.17, 15) is 0 Å². The van der Waals surface area contributed by atoms with Crippen molar-refractivity contribution in [1.82, 2.24) is 20.2 Å². The van der Waals surface area contributed by atoms with Gasteiger partial charge in [0.25, 0.3) is 0 Å². The molecule has 0 unspecified atom stereocenters. The first-order valence-electron chi connectivity index (χ1n) is 7.67. The number of nitrogen functional groups attached to an aromatic ring is 1. The molecule has 1 saturated carbocycles. The standard InChI is InChI=1S/C16H23N5/c1-11-9-12(2)14(17)10-13(11)15-18-19-20-21(15)16(3)7-5-4-6-8-16/h9-10H,4-8,17H2,1-3H3. The molecule has 5 heteroatoms. The van der Waals surface area contributed by atoms with Gasteiger partial charge in [-0.05, 0) is 61.2 Å². The molecule has 1 heterocycles. The molecule has 0 aliphatic heterocycles. The lowest BCUT2D eigenvalue weighted by Gasteiger charge is -2.34. The summed E-state index contributed by atoms with van der Waals surface area (Å²) in [6.07, 6.45) is 6.05. The average molecular weight is 285 g/mol. The van der Waals surface area contributed by atoms with Crippen LogP contribution < -0.4 is 5.73 Å². The van der Waals surface area contributed by atoms with Crippen molar-refractivity contribution in [3.8, 4) is 11.4 Å². The lowest BCUT2D eigenvalue weighted by Crippen LogP contribution is -2.34. The van der Waals surface area contributed by atoms with Crippen molar-refractivity contribution in [2.45, 2.75) is 58.4 Å². The molecule has 0 radical (unpaired) electrons. The summed E-state index contributed by atoms with van der Waals surface area (Å²) in [7, 11) is 0. The third-order valence-electron chi connectivity index (χ3n) is 4.77. The van der Waals surface area contributed by atoms with Crippen LogP contribution in [0.3, 0.4) is 0 Å². The zero-order chi connectivity index (χ0) is 15.0. The lowest BCUT2D eigenvalue weighted by molar-refractivity contribution is 0.197. The minimum absolute atomic E-state index is 0.0170. The number of hydrogen-bond donors (Lipinski definition) is 1. The highest BCUT2D eigenvalue weighted by Crippen LogP contribution is 2.37. The number of tetrazole rings is 1. The third-order valence-corrected chi connectivity index (χ3v) is 4.77. The van der Waals surface area contributed by atoms with Crippen molar-refractivity contribution in [1.29, 1.82) is 0 Å². The van der Waals surface area contributed by atoms with E-state index in [1.54, 1.807) is 0 Å². The maximum atomic E-state index is 6.08. The number of nitrogens with two attached hydrogens (primary N) is 1. The molecule has 0 amide bonds. The van der Waals surface area contributed by atoms with Crippen LogP contribution in [-0.4, -0.2) is 20.2 Å². The van der Waals surface area contributed by atoms with E-state index < -0.39 is 0 Å². The lowest BCUT2D eigenvalue weighted by atomic mass is 9.83. The number of aryl methyl sites for hydroxylation is 2. The van der Waals surface area contributed by atoms with E-state index >= 15 is 0 Å². The number of rotatable bonds is 2. The second-order valence-corrected chi connectivity index (χ2v) is 6.50. The molecule has 112 valence electrons. The van der Waals surface area contributed by atoms with Gasteiger partial charge >= 0.3 is 0 Å². The summed E-state index contributed by atoms with van der Waals surface area (Å²) < 4.78 is 2.02. The van der Waals surface area contributed by atoms with Gasteiger partial charge in [0.2, 0.25) is 0 Å². The predicted octanol–water partition coefficient (Wildman–Crippen LogP) is 3.22. The molecule has 2 N–H and O–H groups in total. The van der Waals surface area contributed by atoms with Gasteiger partial charge in [-0.2, -0.15) is 0 Å². The first-order valence-corrected chi connectivity index (χ1v) is 7.67. The van der Waals surface area contributed by atoms with Gasteiger partial charge in [0.15, 0.2) is 5.82 Å². The molecule has 2 aromatic rings. The fourth-order valence-electron chi connectivity index (χ4n) is 3.35. The number of anilines is 1. The van der Waals surface area contributed by atoms with Gasteiger partial charge in [-0.3, -0.25) is 0 Å². The van der Waals surface area contributed by atoms with Crippen LogP contribution in [0.2, 0.25) is 0 Å². The van der Waals surface area contributed by atoms with E-state index in [0.717, 1.165) is 41.0 Å². The summed E-state index contributed by atoms with van der Waals surface area (Å²) >= 11 is 0. The van der Waals surface area contributed by atoms with Gasteiger partial charge in [0, 0.05) is 11.3 Å². The van der Waals surface area contributed by atoms with Gasteiger partial charge < -0.3 is 5.73 Å². The van der Waals surface area contributed by atoms with Crippen molar-refractivity contribution in [2.75, 3.05) is 5.73 Å². The summed E-state index contributed by atoms with van der Waals surface area (Å²) in [5.74, 6) is 0.837. The van der Waals surface area contributed by atoms with Crippen LogP contribution in [0.4, 0.5) is 5.69 Å². The van der Waals surface area contributed by atoms with E-state index in [0.29, 0.717) is 0 Å². The Morgan fingerprint density at radius 3 is 2.52 bits per heavy atom. The van der Waals surface area contributed by atoms with E-state index in [1.165, 1.54) is 19.3 Å². The summed E-state index contributed by atoms with van der Waals surface area (Å²) in [4.78, 5) is 0. The van der Waals surface area contributed by atoms with Crippen LogP contribution in [0.15, 0.2) is 12.1 Å². The molecule has 1 fully saturated rings. The molecule has 3 rings (SSSR count). The van der Waals surface area contributed by atoms with Crippen molar-refractivity contribution < 1.29 is 0 Å². The van der Waals surface area contributed by atoms with Crippen LogP contribution >= 0.6 is 0 Å². The zero-order valence-electron chi connectivity index (χ0n) is 13.1. The van der Waals surface area contributed by atoms with Crippen LogP contribution in [-0.2, 0) is 5.54 Å². The fourth-order valence-corrected chi connectivity index (χ4v) is 3.35. The summed E-state index contributed by atoms with van der Waals surface area (Å²) in [5, 5.41) is 12.5. The van der Waals surface area contributed by atoms with Gasteiger partial charge in [-0.25, -0.2) is 4.68 Å². The normalized spacial score (nSPS) is 17.9. The molecular weight excluding hydrogens is 262 g/mol. The fraction of sp³-hybridized carbons (Fsp3) is 0.562. The SMILES string of the molecule is Cc1cc(C)c(-c2nnnn2C2(C)CCCCC2)cc1N. The van der Waals surface area contributed by atoms with Crippen LogP contribution in [0, 0.1) is 13.8 Å². The largest absolute Gasteiger partial charge is 0.398 e. The number of benzene rings is 1. The summed E-state index contributed by atoms with van der Waals surface area (Å²) in [6.45, 7) is 6.38. The zero-order valence-corrected chi connectivity index (χ0v) is 13.1. The van der Waals surface area contributed by atoms with Gasteiger partial charge in [0.1, 0.15) is 0 Å². The van der Waals surface area contributed by atoms with E-state index in [2.05, 4.69) is 35.4 Å². The van der Waals surface area contributed by atoms with E-state index in [-0.39, 0.29) is 5.54 Å². The van der Waals surface area contributed by atoms with Crippen molar-refractivity contribution >= 4 is 5.69 Å². The minimum atomic E-state index is 0.0170. The van der Waals surface area contributed by atoms with Crippen LogP contribution in [0.25, 0.3) is 11.4 Å². The molecule has 5 nitrogen and oxygen atoms in total. The van der Waals surface area contributed by atoms with E-state index in [4.69, 9.17) is 5.73 Å². The maximum Gasteiger partial charge on any atom is 0.182 e. The Balaban J connectivity index is 2.09. The Hall–Kier alpha value is -1.91. The second-order valence-electron chi connectivity index (χ2n) is 6.50. The first kappa shape index (κ1) is 14.0. The molecule has 0 atom stereocenters. The molecule has 0 bridgehead atoms. The number of hydrogen-bond acceptors (Lipinski definition) is 4. The van der Waals surface area contributed by atoms with Crippen LogP contribution in [0.5, 0.6) is 0 Å². The number of aromatic nitrogens is 4. The molecule has 1 aromatic carbocycles. The third kappa shape index (κ3) is 2.41. The maximum absolute atomic E-state index is 6.08. The molecule has 1 aliphatic rings. The van der Waals surface area contributed by atoms with Crippen LogP contribution in [0.1, 0.15) is 50.2 Å². The van der Waals surface area contributed by atoms with Gasteiger partial charge in [-0.15, -0.1) is 5.10 Å². The van der Waals surface area contributed by atoms with E-state index in [1.807, 2.05) is 17.7 Å². The Kier molecular flexibility index (Phi) is 3.43. The molecule has 1 aromatic heterocycles. The average Bonchev–Trinajstić information content (AvgIpc) is 2.93. The van der Waals surface area contributed by atoms with Crippen molar-refractivity contribution in [3.05, 3.63) is 23.3 Å². The molecule has 21 heavy (non-hydrogen) atoms. The van der Waals surface area contributed by atoms with Gasteiger partial charge in [0.05, 0.1) is 5.54 Å². The highest BCUT2D eigenvalue weighted by atomic mass is 15.6. The Bertz CT molecular complexity index is 653. The predicted molar refractivity (Wildman–Crippen MR) is 83.9 cm³/mol. The molecule has 0 spiro atoms. The molecule has 0 saturated heterocycles. The van der Waals surface area contributed by atoms with Crippen molar-refractivity contribution in [2.24, 2.45) is 0 Å². The molecule has 1 aliphatic carbocycles. The molecular formula is C16H23N5. The Morgan fingerprint density at radius 1 is 1.10 bits per heavy atom. The first-order chi connectivity index (χ1) is 10.0. The topological polar surface area (TPSA) is 69.6 Å². The second kappa shape index (κ2) is 5.13. The quantitative estimate of drug-likeness (QED) is 0.860. The highest BCUT2D eigenvalue weighted by molar-refractivity contribution is 5.67. The Labute approximate surface area is 125 Å². The smallest absolute Gasteiger partial charge is 0.182 e. The summed E-state index contributed by atoms with van der Waals surface area (Å²) in [5.41, 5.74) is 10.2. The Morgan fingerprint density at radius 2 is 1.81 bits per heavy atom. The number of nitrogens with zero attached hydrogens (tertiary/aromatic N) is 4. The highest BCUT2D eigenvalue weighted by Gasteiger charge is 2.33.